The molecule has 1 aromatic carbocycles. The fourth-order valence-electron chi connectivity index (χ4n) is 2.86. The largest absolute Gasteiger partial charge is 0.351 e. The molecule has 6 heteroatoms. The average Bonchev–Trinajstić information content (AvgIpc) is 2.58. The zero-order chi connectivity index (χ0) is 18.4. The van der Waals surface area contributed by atoms with Gasteiger partial charge in [-0.25, -0.2) is 0 Å². The molecule has 0 radical (unpaired) electrons. The molecule has 134 valence electrons. The maximum atomic E-state index is 12.4. The molecule has 0 bridgehead atoms. The lowest BCUT2D eigenvalue weighted by atomic mass is 10.1. The van der Waals surface area contributed by atoms with Gasteiger partial charge in [0.2, 0.25) is 0 Å². The lowest BCUT2D eigenvalue weighted by Crippen LogP contribution is -2.42. The minimum absolute atomic E-state index is 0.124. The Morgan fingerprint density at radius 3 is 2.56 bits per heavy atom. The number of aromatic amines is 1. The molecule has 1 heterocycles. The summed E-state index contributed by atoms with van der Waals surface area (Å²) in [6.45, 7) is 10.00. The molecular weight excluding hydrogens is 316 g/mol. The Morgan fingerprint density at radius 2 is 1.92 bits per heavy atom. The molecule has 0 aliphatic carbocycles. The topological polar surface area (TPSA) is 78.1 Å². The number of nitrogens with one attached hydrogen (secondary N) is 2. The van der Waals surface area contributed by atoms with Gasteiger partial charge in [-0.05, 0) is 39.8 Å². The van der Waals surface area contributed by atoms with E-state index in [1.807, 2.05) is 6.07 Å². The van der Waals surface area contributed by atoms with Crippen molar-refractivity contribution in [2.75, 3.05) is 13.1 Å². The van der Waals surface area contributed by atoms with Crippen molar-refractivity contribution in [3.05, 3.63) is 52.6 Å². The van der Waals surface area contributed by atoms with E-state index in [-0.39, 0.29) is 11.5 Å². The third-order valence-corrected chi connectivity index (χ3v) is 4.07. The second-order valence-corrected chi connectivity index (χ2v) is 6.57. The third kappa shape index (κ3) is 5.26. The highest BCUT2D eigenvalue weighted by Crippen LogP contribution is 2.16. The van der Waals surface area contributed by atoms with Gasteiger partial charge in [-0.1, -0.05) is 12.1 Å². The van der Waals surface area contributed by atoms with Gasteiger partial charge in [0, 0.05) is 36.3 Å². The number of hydrogen-bond donors (Lipinski definition) is 2. The maximum Gasteiger partial charge on any atom is 0.266 e. The number of benzene rings is 1. The van der Waals surface area contributed by atoms with Crippen LogP contribution in [0.3, 0.4) is 0 Å². The summed E-state index contributed by atoms with van der Waals surface area (Å²) < 4.78 is 0. The molecule has 0 aliphatic rings. The van der Waals surface area contributed by atoms with Gasteiger partial charge in [-0.15, -0.1) is 0 Å². The molecule has 6 nitrogen and oxygen atoms in total. The smallest absolute Gasteiger partial charge is 0.266 e. The zero-order valence-corrected chi connectivity index (χ0v) is 15.2. The van der Waals surface area contributed by atoms with Gasteiger partial charge in [0.15, 0.2) is 0 Å². The van der Waals surface area contributed by atoms with E-state index < -0.39 is 0 Å². The monoisotopic (exact) mass is 342 g/mol. The molecule has 2 rings (SSSR count). The van der Waals surface area contributed by atoms with Gasteiger partial charge in [0.25, 0.3) is 11.5 Å². The number of hydrogen-bond acceptors (Lipinski definition) is 4. The third-order valence-electron chi connectivity index (χ3n) is 4.07. The Kier molecular flexibility index (Phi) is 6.47. The summed E-state index contributed by atoms with van der Waals surface area (Å²) in [5, 5.41) is 2.96. The minimum Gasteiger partial charge on any atom is -0.351 e. The van der Waals surface area contributed by atoms with Crippen molar-refractivity contribution in [1.29, 1.82) is 0 Å². The van der Waals surface area contributed by atoms with Gasteiger partial charge in [-0.3, -0.25) is 19.5 Å². The lowest BCUT2D eigenvalue weighted by molar-refractivity contribution is 0.0939. The van der Waals surface area contributed by atoms with Crippen LogP contribution in [0.5, 0.6) is 0 Å². The zero-order valence-electron chi connectivity index (χ0n) is 15.2. The van der Waals surface area contributed by atoms with E-state index in [1.54, 1.807) is 24.4 Å². The van der Waals surface area contributed by atoms with Gasteiger partial charge >= 0.3 is 0 Å². The summed E-state index contributed by atoms with van der Waals surface area (Å²) >= 11 is 0. The highest BCUT2D eigenvalue weighted by molar-refractivity contribution is 5.95. The van der Waals surface area contributed by atoms with Crippen molar-refractivity contribution in [3.8, 4) is 11.3 Å². The van der Waals surface area contributed by atoms with E-state index in [9.17, 15) is 9.59 Å². The van der Waals surface area contributed by atoms with Crippen LogP contribution in [0.25, 0.3) is 11.3 Å². The summed E-state index contributed by atoms with van der Waals surface area (Å²) in [6, 6.07) is 8.01. The highest BCUT2D eigenvalue weighted by atomic mass is 16.1. The van der Waals surface area contributed by atoms with E-state index in [1.165, 1.54) is 6.20 Å². The van der Waals surface area contributed by atoms with Gasteiger partial charge in [-0.2, -0.15) is 0 Å². The lowest BCUT2D eigenvalue weighted by Gasteiger charge is -2.30. The van der Waals surface area contributed by atoms with E-state index >= 15 is 0 Å². The van der Waals surface area contributed by atoms with Crippen LogP contribution in [0.15, 0.2) is 41.5 Å². The van der Waals surface area contributed by atoms with Crippen LogP contribution in [0.1, 0.15) is 38.1 Å². The van der Waals surface area contributed by atoms with Crippen molar-refractivity contribution in [1.82, 2.24) is 20.2 Å². The fraction of sp³-hybridized carbons (Fsp3) is 0.421. The summed E-state index contributed by atoms with van der Waals surface area (Å²) in [4.78, 5) is 32.7. The van der Waals surface area contributed by atoms with E-state index in [4.69, 9.17) is 0 Å². The van der Waals surface area contributed by atoms with Crippen LogP contribution in [0.4, 0.5) is 0 Å². The van der Waals surface area contributed by atoms with Crippen LogP contribution in [0, 0.1) is 0 Å². The Morgan fingerprint density at radius 1 is 1.20 bits per heavy atom. The standard InChI is InChI=1S/C19H26N4O2/c1-13(2)23(14(3)4)9-8-21-19(25)16-7-5-6-15(10-16)17-11-20-12-18(24)22-17/h5-7,10-14H,8-9H2,1-4H3,(H,21,25)(H,22,24). The van der Waals surface area contributed by atoms with Crippen LogP contribution in [-0.4, -0.2) is 45.9 Å². The fourth-order valence-corrected chi connectivity index (χ4v) is 2.86. The number of amides is 1. The number of nitrogens with zero attached hydrogens (tertiary/aromatic N) is 2. The normalized spacial score (nSPS) is 11.3. The first-order valence-corrected chi connectivity index (χ1v) is 8.57. The van der Waals surface area contributed by atoms with E-state index in [0.29, 0.717) is 29.9 Å². The van der Waals surface area contributed by atoms with Crippen molar-refractivity contribution in [3.63, 3.8) is 0 Å². The molecule has 0 aliphatic heterocycles. The van der Waals surface area contributed by atoms with Crippen LogP contribution >= 0.6 is 0 Å². The quantitative estimate of drug-likeness (QED) is 0.809. The molecule has 0 saturated carbocycles. The van der Waals surface area contributed by atoms with E-state index in [2.05, 4.69) is 47.9 Å². The molecule has 2 aromatic rings. The van der Waals surface area contributed by atoms with Gasteiger partial charge in [0.1, 0.15) is 0 Å². The van der Waals surface area contributed by atoms with Crippen LogP contribution in [0.2, 0.25) is 0 Å². The second-order valence-electron chi connectivity index (χ2n) is 6.57. The number of carbonyl (C=O) groups excluding carboxylic acids is 1. The Labute approximate surface area is 148 Å². The summed E-state index contributed by atoms with van der Waals surface area (Å²) in [5.41, 5.74) is 1.63. The molecular formula is C19H26N4O2. The summed E-state index contributed by atoms with van der Waals surface area (Å²) in [5.74, 6) is -0.124. The number of rotatable bonds is 7. The van der Waals surface area contributed by atoms with Crippen LogP contribution in [-0.2, 0) is 0 Å². The van der Waals surface area contributed by atoms with Crippen molar-refractivity contribution in [2.45, 2.75) is 39.8 Å². The number of H-pyrrole nitrogens is 1. The molecule has 0 unspecified atom stereocenters. The maximum absolute atomic E-state index is 12.4. The van der Waals surface area contributed by atoms with Crippen molar-refractivity contribution >= 4 is 5.91 Å². The van der Waals surface area contributed by atoms with Crippen molar-refractivity contribution < 1.29 is 4.79 Å². The first kappa shape index (κ1) is 18.9. The molecule has 0 fully saturated rings. The first-order chi connectivity index (χ1) is 11.9. The molecule has 0 saturated heterocycles. The Bertz CT molecular complexity index is 760. The Balaban J connectivity index is 2.03. The molecule has 1 aromatic heterocycles. The molecule has 0 atom stereocenters. The Hall–Kier alpha value is -2.47. The molecule has 1 amide bonds. The number of aromatic nitrogens is 2. The highest BCUT2D eigenvalue weighted by Gasteiger charge is 2.13. The number of carbonyl (C=O) groups is 1. The molecule has 0 spiro atoms. The molecule has 25 heavy (non-hydrogen) atoms. The van der Waals surface area contributed by atoms with Gasteiger partial charge in [0.05, 0.1) is 18.1 Å². The first-order valence-electron chi connectivity index (χ1n) is 8.57. The van der Waals surface area contributed by atoms with Crippen molar-refractivity contribution in [2.24, 2.45) is 0 Å². The van der Waals surface area contributed by atoms with E-state index in [0.717, 1.165) is 12.1 Å². The average molecular weight is 342 g/mol. The SMILES string of the molecule is CC(C)N(CCNC(=O)c1cccc(-c2cncc(=O)[nH]2)c1)C(C)C. The summed E-state index contributed by atoms with van der Waals surface area (Å²) in [6.07, 6.45) is 2.79. The predicted molar refractivity (Wildman–Crippen MR) is 99.6 cm³/mol. The minimum atomic E-state index is -0.269. The second kappa shape index (κ2) is 8.58. The van der Waals surface area contributed by atoms with Crippen LogP contribution < -0.4 is 10.9 Å². The predicted octanol–water partition coefficient (Wildman–Crippen LogP) is 2.29. The molecule has 2 N–H and O–H groups in total. The summed E-state index contributed by atoms with van der Waals surface area (Å²) in [7, 11) is 0. The van der Waals surface area contributed by atoms with Gasteiger partial charge < -0.3 is 10.3 Å².